The highest BCUT2D eigenvalue weighted by atomic mass is 32.1. The molecule has 1 nitrogen and oxygen atoms in total. The number of hydrogen-bond acceptors (Lipinski definition) is 2. The molecule has 0 aliphatic carbocycles. The lowest BCUT2D eigenvalue weighted by atomic mass is 9.68. The molecule has 1 aliphatic heterocycles. The topological polar surface area (TPSA) is 3.24 Å². The van der Waals surface area contributed by atoms with E-state index in [0.717, 1.165) is 19.6 Å². The molecule has 1 aliphatic rings. The van der Waals surface area contributed by atoms with Crippen LogP contribution in [0.1, 0.15) is 28.8 Å². The van der Waals surface area contributed by atoms with Crippen LogP contribution in [0.25, 0.3) is 0 Å². The third-order valence-corrected chi connectivity index (χ3v) is 6.18. The summed E-state index contributed by atoms with van der Waals surface area (Å²) in [6.45, 7) is 3.40. The lowest BCUT2D eigenvalue weighted by Gasteiger charge is -2.43. The number of rotatable bonds is 4. The highest BCUT2D eigenvalue weighted by molar-refractivity contribution is 7.09. The van der Waals surface area contributed by atoms with Gasteiger partial charge in [0.15, 0.2) is 0 Å². The summed E-state index contributed by atoms with van der Waals surface area (Å²) in [6, 6.07) is 26.6. The smallest absolute Gasteiger partial charge is 0.0327 e. The standard InChI is InChI=1S/C22H23NS/c1-3-8-19(9-4-1)22(20-10-5-2-6-11-20)13-15-23(16-14-22)18-21-12-7-17-24-21/h1-12,17H,13-16,18H2. The van der Waals surface area contributed by atoms with Crippen LogP contribution in [0.5, 0.6) is 0 Å². The van der Waals surface area contributed by atoms with Crippen molar-refractivity contribution in [1.29, 1.82) is 0 Å². The molecule has 0 N–H and O–H groups in total. The van der Waals surface area contributed by atoms with Gasteiger partial charge in [0.25, 0.3) is 0 Å². The number of likely N-dealkylation sites (tertiary alicyclic amines) is 1. The van der Waals surface area contributed by atoms with Crippen molar-refractivity contribution in [3.05, 3.63) is 94.2 Å². The molecule has 3 aromatic rings. The molecule has 1 fully saturated rings. The van der Waals surface area contributed by atoms with Gasteiger partial charge in [0.1, 0.15) is 0 Å². The molecule has 1 saturated heterocycles. The van der Waals surface area contributed by atoms with E-state index in [1.54, 1.807) is 0 Å². The van der Waals surface area contributed by atoms with Crippen molar-refractivity contribution >= 4 is 11.3 Å². The average Bonchev–Trinajstić information content (AvgIpc) is 3.17. The van der Waals surface area contributed by atoms with Crippen LogP contribution in [0.2, 0.25) is 0 Å². The predicted molar refractivity (Wildman–Crippen MR) is 102 cm³/mol. The molecule has 24 heavy (non-hydrogen) atoms. The summed E-state index contributed by atoms with van der Waals surface area (Å²) in [4.78, 5) is 4.08. The van der Waals surface area contributed by atoms with Crippen molar-refractivity contribution in [3.8, 4) is 0 Å². The fraction of sp³-hybridized carbons (Fsp3) is 0.273. The fourth-order valence-electron chi connectivity index (χ4n) is 3.97. The molecule has 0 unspecified atom stereocenters. The van der Waals surface area contributed by atoms with Crippen molar-refractivity contribution in [2.24, 2.45) is 0 Å². The number of nitrogens with zero attached hydrogens (tertiary/aromatic N) is 1. The van der Waals surface area contributed by atoms with Gasteiger partial charge in [-0.2, -0.15) is 0 Å². The van der Waals surface area contributed by atoms with Crippen LogP contribution in [0.3, 0.4) is 0 Å². The molecule has 1 aromatic heterocycles. The van der Waals surface area contributed by atoms with Crippen LogP contribution in [0.4, 0.5) is 0 Å². The van der Waals surface area contributed by atoms with Crippen LogP contribution in [0.15, 0.2) is 78.2 Å². The maximum Gasteiger partial charge on any atom is 0.0327 e. The number of benzene rings is 2. The zero-order chi connectivity index (χ0) is 16.2. The van der Waals surface area contributed by atoms with Crippen LogP contribution >= 0.6 is 11.3 Å². The Hall–Kier alpha value is -1.90. The molecule has 2 heteroatoms. The molecular formula is C22H23NS. The second-order valence-corrected chi connectivity index (χ2v) is 7.70. The van der Waals surface area contributed by atoms with Gasteiger partial charge in [-0.3, -0.25) is 4.90 Å². The Labute approximate surface area is 148 Å². The zero-order valence-corrected chi connectivity index (χ0v) is 14.7. The quantitative estimate of drug-likeness (QED) is 0.624. The first-order valence-electron chi connectivity index (χ1n) is 8.73. The third-order valence-electron chi connectivity index (χ3n) is 5.32. The third kappa shape index (κ3) is 3.04. The molecule has 4 rings (SSSR count). The summed E-state index contributed by atoms with van der Waals surface area (Å²) in [5.41, 5.74) is 3.09. The van der Waals surface area contributed by atoms with Gasteiger partial charge in [0.2, 0.25) is 0 Å². The minimum Gasteiger partial charge on any atom is -0.298 e. The summed E-state index contributed by atoms with van der Waals surface area (Å²) in [7, 11) is 0. The van der Waals surface area contributed by atoms with Gasteiger partial charge in [-0.15, -0.1) is 11.3 Å². The summed E-state index contributed by atoms with van der Waals surface area (Å²) in [5, 5.41) is 2.18. The predicted octanol–water partition coefficient (Wildman–Crippen LogP) is 5.33. The monoisotopic (exact) mass is 333 g/mol. The Morgan fingerprint density at radius 2 is 1.33 bits per heavy atom. The fourth-order valence-corrected chi connectivity index (χ4v) is 4.72. The minimum atomic E-state index is 0.161. The first kappa shape index (κ1) is 15.6. The van der Waals surface area contributed by atoms with Crippen molar-refractivity contribution in [1.82, 2.24) is 4.90 Å². The molecule has 2 heterocycles. The molecule has 0 spiro atoms. The Balaban J connectivity index is 1.60. The largest absolute Gasteiger partial charge is 0.298 e. The van der Waals surface area contributed by atoms with E-state index >= 15 is 0 Å². The molecule has 0 amide bonds. The molecule has 2 aromatic carbocycles. The van der Waals surface area contributed by atoms with E-state index < -0.39 is 0 Å². The van der Waals surface area contributed by atoms with Crippen molar-refractivity contribution < 1.29 is 0 Å². The van der Waals surface area contributed by atoms with E-state index in [1.807, 2.05) is 11.3 Å². The lowest BCUT2D eigenvalue weighted by molar-refractivity contribution is 0.173. The van der Waals surface area contributed by atoms with Crippen molar-refractivity contribution in [2.75, 3.05) is 13.1 Å². The van der Waals surface area contributed by atoms with Crippen LogP contribution in [-0.4, -0.2) is 18.0 Å². The van der Waals surface area contributed by atoms with Gasteiger partial charge in [0.05, 0.1) is 0 Å². The van der Waals surface area contributed by atoms with E-state index in [0.29, 0.717) is 0 Å². The maximum atomic E-state index is 2.61. The molecule has 0 atom stereocenters. The first-order valence-corrected chi connectivity index (χ1v) is 9.61. The number of hydrogen-bond donors (Lipinski definition) is 0. The highest BCUT2D eigenvalue weighted by Gasteiger charge is 2.37. The second-order valence-electron chi connectivity index (χ2n) is 6.67. The highest BCUT2D eigenvalue weighted by Crippen LogP contribution is 2.41. The average molecular weight is 334 g/mol. The molecule has 0 saturated carbocycles. The van der Waals surface area contributed by atoms with Crippen LogP contribution < -0.4 is 0 Å². The van der Waals surface area contributed by atoms with E-state index in [2.05, 4.69) is 83.1 Å². The second kappa shape index (κ2) is 6.92. The van der Waals surface area contributed by atoms with Gasteiger partial charge in [-0.25, -0.2) is 0 Å². The Morgan fingerprint density at radius 1 is 0.750 bits per heavy atom. The Kier molecular flexibility index (Phi) is 4.50. The van der Waals surface area contributed by atoms with Gasteiger partial charge in [0, 0.05) is 16.8 Å². The van der Waals surface area contributed by atoms with E-state index in [-0.39, 0.29) is 5.41 Å². The van der Waals surface area contributed by atoms with Gasteiger partial charge >= 0.3 is 0 Å². The van der Waals surface area contributed by atoms with E-state index in [4.69, 9.17) is 0 Å². The lowest BCUT2D eigenvalue weighted by Crippen LogP contribution is -2.42. The van der Waals surface area contributed by atoms with Gasteiger partial charge in [-0.05, 0) is 48.5 Å². The maximum absolute atomic E-state index is 2.61. The van der Waals surface area contributed by atoms with Crippen LogP contribution in [-0.2, 0) is 12.0 Å². The summed E-state index contributed by atoms with van der Waals surface area (Å²) in [6.07, 6.45) is 2.37. The minimum absolute atomic E-state index is 0.161. The van der Waals surface area contributed by atoms with E-state index in [1.165, 1.54) is 28.8 Å². The van der Waals surface area contributed by atoms with Crippen molar-refractivity contribution in [3.63, 3.8) is 0 Å². The van der Waals surface area contributed by atoms with Crippen LogP contribution in [0, 0.1) is 0 Å². The summed E-state index contributed by atoms with van der Waals surface area (Å²) >= 11 is 1.87. The van der Waals surface area contributed by atoms with Gasteiger partial charge < -0.3 is 0 Å². The van der Waals surface area contributed by atoms with E-state index in [9.17, 15) is 0 Å². The molecule has 122 valence electrons. The van der Waals surface area contributed by atoms with Gasteiger partial charge in [-0.1, -0.05) is 66.7 Å². The summed E-state index contributed by atoms with van der Waals surface area (Å²) < 4.78 is 0. The SMILES string of the molecule is c1ccc(C2(c3ccccc3)CCN(Cc3cccs3)CC2)cc1. The molecular weight excluding hydrogens is 310 g/mol. The zero-order valence-electron chi connectivity index (χ0n) is 13.9. The normalized spacial score (nSPS) is 17.7. The first-order chi connectivity index (χ1) is 11.9. The molecule has 0 bridgehead atoms. The summed E-state index contributed by atoms with van der Waals surface area (Å²) in [5.74, 6) is 0. The number of thiophene rings is 1. The number of piperidine rings is 1. The Bertz CT molecular complexity index is 700. The molecule has 0 radical (unpaired) electrons. The van der Waals surface area contributed by atoms with Crippen molar-refractivity contribution in [2.45, 2.75) is 24.8 Å². The Morgan fingerprint density at radius 3 is 1.83 bits per heavy atom.